The molecule has 22 heavy (non-hydrogen) atoms. The van der Waals surface area contributed by atoms with E-state index in [0.717, 1.165) is 27.6 Å². The van der Waals surface area contributed by atoms with Crippen LogP contribution in [0.25, 0.3) is 10.8 Å². The van der Waals surface area contributed by atoms with Crippen LogP contribution >= 0.6 is 10.6 Å². The fourth-order valence-electron chi connectivity index (χ4n) is 2.34. The van der Waals surface area contributed by atoms with E-state index >= 15 is 0 Å². The number of hydrogen-bond acceptors (Lipinski definition) is 7. The Hall–Kier alpha value is -2.35. The molecule has 2 aromatic rings. The predicted molar refractivity (Wildman–Crippen MR) is 87.8 cm³/mol. The smallest absolute Gasteiger partial charge is 0.197 e. The zero-order chi connectivity index (χ0) is 16.3. The Labute approximate surface area is 128 Å². The molecule has 0 heterocycles. The first-order valence-corrected chi connectivity index (χ1v) is 8.07. The first-order chi connectivity index (χ1) is 10.5. The van der Waals surface area contributed by atoms with E-state index in [1.807, 2.05) is 26.8 Å². The highest BCUT2D eigenvalue weighted by Gasteiger charge is 2.31. The minimum atomic E-state index is -3.45. The Morgan fingerprint density at radius 1 is 1.00 bits per heavy atom. The number of ether oxygens (including phenoxy) is 1. The molecule has 7 nitrogen and oxygen atoms in total. The van der Waals surface area contributed by atoms with Crippen LogP contribution in [0, 0.1) is 28.6 Å². The van der Waals surface area contributed by atoms with Crippen LogP contribution in [0.5, 0.6) is 5.75 Å². The van der Waals surface area contributed by atoms with E-state index in [2.05, 4.69) is 13.7 Å². The van der Waals surface area contributed by atoms with Gasteiger partial charge in [0.15, 0.2) is 10.6 Å². The molecule has 0 radical (unpaired) electrons. The van der Waals surface area contributed by atoms with Gasteiger partial charge in [-0.05, 0) is 60.9 Å². The number of aryl methyl sites for hydroxylation is 2. The highest BCUT2D eigenvalue weighted by Crippen LogP contribution is 2.60. The lowest BCUT2D eigenvalue weighted by atomic mass is 10.0. The van der Waals surface area contributed by atoms with Crippen molar-refractivity contribution in [2.45, 2.75) is 25.7 Å². The lowest BCUT2D eigenvalue weighted by Gasteiger charge is -2.17. The van der Waals surface area contributed by atoms with Gasteiger partial charge in [-0.1, -0.05) is 6.07 Å². The number of hydrogen-bond donors (Lipinski definition) is 0. The molecule has 0 aliphatic carbocycles. The van der Waals surface area contributed by atoms with E-state index in [4.69, 9.17) is 4.74 Å². The predicted octanol–water partition coefficient (Wildman–Crippen LogP) is 5.06. The average Bonchev–Trinajstić information content (AvgIpc) is 2.55. The third-order valence-electron chi connectivity index (χ3n) is 3.46. The summed E-state index contributed by atoms with van der Waals surface area (Å²) in [5.41, 5.74) is 1.83. The molecule has 116 valence electrons. The van der Waals surface area contributed by atoms with E-state index < -0.39 is 10.6 Å². The summed E-state index contributed by atoms with van der Waals surface area (Å²) in [6, 6.07) is 6.66. The van der Waals surface area contributed by atoms with Crippen LogP contribution in [0.2, 0.25) is 0 Å². The first-order valence-electron chi connectivity index (χ1n) is 6.56. The molecule has 0 atom stereocenters. The number of rotatable bonds is 6. The van der Waals surface area contributed by atoms with Crippen molar-refractivity contribution in [2.24, 2.45) is 13.7 Å². The maximum absolute atomic E-state index is 10.9. The van der Waals surface area contributed by atoms with Crippen molar-refractivity contribution >= 4 is 21.4 Å². The fourth-order valence-corrected chi connectivity index (χ4v) is 3.20. The van der Waals surface area contributed by atoms with Gasteiger partial charge in [0.05, 0.1) is 11.5 Å². The Balaban J connectivity index is 2.73. The van der Waals surface area contributed by atoms with Crippen molar-refractivity contribution < 1.29 is 4.74 Å². The Morgan fingerprint density at radius 2 is 1.64 bits per heavy atom. The van der Waals surface area contributed by atoms with Crippen molar-refractivity contribution in [3.8, 4) is 5.75 Å². The Kier molecular flexibility index (Phi) is 4.51. The van der Waals surface area contributed by atoms with E-state index in [1.165, 1.54) is 6.07 Å². The minimum absolute atomic E-state index is 0.131. The molecule has 0 aliphatic rings. The van der Waals surface area contributed by atoms with Crippen molar-refractivity contribution in [1.82, 2.24) is 0 Å². The number of benzene rings is 2. The van der Waals surface area contributed by atoms with Gasteiger partial charge in [0.2, 0.25) is 0 Å². The standard InChI is InChI=1S/C14H15N3O4S/c1-4-21-14-7-9(2)13-8-11(5-6-12(13)10(14)3)22(15-18,16-19)17-20/h5-8H,4H2,1-3H3. The monoisotopic (exact) mass is 321 g/mol. The summed E-state index contributed by atoms with van der Waals surface area (Å²) in [6.45, 7) is 6.25. The van der Waals surface area contributed by atoms with Gasteiger partial charge in [-0.25, -0.2) is 0 Å². The van der Waals surface area contributed by atoms with Crippen molar-refractivity contribution in [2.75, 3.05) is 6.61 Å². The zero-order valence-electron chi connectivity index (χ0n) is 12.4. The molecule has 0 spiro atoms. The van der Waals surface area contributed by atoms with E-state index in [1.54, 1.807) is 12.1 Å². The highest BCUT2D eigenvalue weighted by molar-refractivity contribution is 8.30. The SMILES string of the molecule is CCOc1cc(C)c2cc(S(N=O)(N=O)N=O)ccc2c1C. The lowest BCUT2D eigenvalue weighted by molar-refractivity contribution is 0.338. The first kappa shape index (κ1) is 16.0. The van der Waals surface area contributed by atoms with Crippen LogP contribution < -0.4 is 4.74 Å². The van der Waals surface area contributed by atoms with Crippen molar-refractivity contribution in [3.05, 3.63) is 50.1 Å². The second kappa shape index (κ2) is 6.18. The Bertz CT molecular complexity index is 742. The lowest BCUT2D eigenvalue weighted by Crippen LogP contribution is -1.97. The summed E-state index contributed by atoms with van der Waals surface area (Å²) in [5.74, 6) is 0.773. The van der Waals surface area contributed by atoms with E-state index in [-0.39, 0.29) is 4.90 Å². The molecule has 0 unspecified atom stereocenters. The molecular weight excluding hydrogens is 306 g/mol. The van der Waals surface area contributed by atoms with Crippen molar-refractivity contribution in [3.63, 3.8) is 0 Å². The summed E-state index contributed by atoms with van der Waals surface area (Å²) in [7, 11) is -3.45. The largest absolute Gasteiger partial charge is 0.494 e. The molecule has 8 heteroatoms. The molecule has 0 saturated heterocycles. The van der Waals surface area contributed by atoms with E-state index in [0.29, 0.717) is 6.61 Å². The second-order valence-corrected chi connectivity index (χ2v) is 6.66. The van der Waals surface area contributed by atoms with Gasteiger partial charge in [-0.3, -0.25) is 0 Å². The summed E-state index contributed by atoms with van der Waals surface area (Å²) < 4.78 is 13.3. The highest BCUT2D eigenvalue weighted by atomic mass is 32.3. The molecule has 2 aromatic carbocycles. The number of fused-ring (bicyclic) bond motifs is 1. The van der Waals surface area contributed by atoms with Crippen LogP contribution in [0.15, 0.2) is 42.9 Å². The normalized spacial score (nSPS) is 12.0. The molecular formula is C14H15N3O4S. The van der Waals surface area contributed by atoms with E-state index in [9.17, 15) is 14.7 Å². The molecule has 0 saturated carbocycles. The average molecular weight is 321 g/mol. The molecule has 0 aromatic heterocycles. The maximum Gasteiger partial charge on any atom is 0.197 e. The van der Waals surface area contributed by atoms with Crippen molar-refractivity contribution in [1.29, 1.82) is 0 Å². The van der Waals surface area contributed by atoms with Crippen LogP contribution in [0.3, 0.4) is 0 Å². The van der Waals surface area contributed by atoms with Crippen LogP contribution in [0.1, 0.15) is 18.1 Å². The van der Waals surface area contributed by atoms with Gasteiger partial charge in [-0.15, -0.1) is 14.7 Å². The van der Waals surface area contributed by atoms with Gasteiger partial charge < -0.3 is 4.74 Å². The topological polar surface area (TPSA) is 97.5 Å². The fraction of sp³-hybridized carbons (Fsp3) is 0.286. The summed E-state index contributed by atoms with van der Waals surface area (Å²) in [6.07, 6.45) is 0. The summed E-state index contributed by atoms with van der Waals surface area (Å²) in [4.78, 5) is 32.8. The Morgan fingerprint density at radius 3 is 2.18 bits per heavy atom. The third-order valence-corrected chi connectivity index (χ3v) is 4.97. The van der Waals surface area contributed by atoms with Crippen LogP contribution in [-0.2, 0) is 0 Å². The van der Waals surface area contributed by atoms with Gasteiger partial charge in [0, 0.05) is 13.7 Å². The second-order valence-electron chi connectivity index (χ2n) is 4.70. The molecule has 2 rings (SSSR count). The third kappa shape index (κ3) is 2.45. The molecule has 0 N–H and O–H groups in total. The van der Waals surface area contributed by atoms with Gasteiger partial charge in [-0.2, -0.15) is 0 Å². The quantitative estimate of drug-likeness (QED) is 0.694. The molecule has 0 bridgehead atoms. The molecule has 0 amide bonds. The number of nitrogens with zero attached hydrogens (tertiary/aromatic N) is 3. The van der Waals surface area contributed by atoms with Crippen LogP contribution in [0.4, 0.5) is 0 Å². The van der Waals surface area contributed by atoms with Crippen LogP contribution in [-0.4, -0.2) is 6.61 Å². The molecule has 0 fully saturated rings. The van der Waals surface area contributed by atoms with Gasteiger partial charge in [0.1, 0.15) is 5.75 Å². The summed E-state index contributed by atoms with van der Waals surface area (Å²) in [5, 5.41) is 1.70. The minimum Gasteiger partial charge on any atom is -0.494 e. The summed E-state index contributed by atoms with van der Waals surface area (Å²) >= 11 is 0. The number of nitroso groups, excluding NO2 is 3. The molecule has 0 aliphatic heterocycles. The van der Waals surface area contributed by atoms with Gasteiger partial charge >= 0.3 is 0 Å². The van der Waals surface area contributed by atoms with Gasteiger partial charge in [0.25, 0.3) is 0 Å². The zero-order valence-corrected chi connectivity index (χ0v) is 13.2. The maximum atomic E-state index is 10.9.